The van der Waals surface area contributed by atoms with Crippen LogP contribution in [-0.4, -0.2) is 10.2 Å². The highest BCUT2D eigenvalue weighted by atomic mass is 35.5. The highest BCUT2D eigenvalue weighted by molar-refractivity contribution is 6.33. The summed E-state index contributed by atoms with van der Waals surface area (Å²) in [5.74, 6) is 1.13. The average Bonchev–Trinajstić information content (AvgIpc) is 2.66. The molecule has 0 atom stereocenters. The Labute approximate surface area is 98.4 Å². The molecule has 16 heavy (non-hydrogen) atoms. The molecular formula is C11H12ClN3O. The number of nitrogens with zero attached hydrogens (tertiary/aromatic N) is 2. The van der Waals surface area contributed by atoms with E-state index < -0.39 is 0 Å². The molecule has 0 unspecified atom stereocenters. The summed E-state index contributed by atoms with van der Waals surface area (Å²) in [4.78, 5) is 0. The maximum Gasteiger partial charge on any atom is 0.251 e. The zero-order chi connectivity index (χ0) is 11.7. The second-order valence-electron chi connectivity index (χ2n) is 3.80. The molecule has 0 aliphatic rings. The molecule has 2 aromatic rings. The lowest BCUT2D eigenvalue weighted by Crippen LogP contribution is -1.90. The standard InChI is InChI=1S/C11H12ClN3O/c1-6(2)10-14-15-11(16-10)9-7(12)4-3-5-8(9)13/h3-6H,13H2,1-2H3. The van der Waals surface area contributed by atoms with Crippen molar-refractivity contribution in [3.8, 4) is 11.5 Å². The Morgan fingerprint density at radius 3 is 2.62 bits per heavy atom. The van der Waals surface area contributed by atoms with Gasteiger partial charge in [0.25, 0.3) is 5.89 Å². The van der Waals surface area contributed by atoms with Crippen LogP contribution in [0.15, 0.2) is 22.6 Å². The van der Waals surface area contributed by atoms with Gasteiger partial charge in [-0.25, -0.2) is 0 Å². The highest BCUT2D eigenvalue weighted by Crippen LogP contribution is 2.32. The molecule has 1 aromatic carbocycles. The average molecular weight is 238 g/mol. The summed E-state index contributed by atoms with van der Waals surface area (Å²) in [5.41, 5.74) is 6.96. The monoisotopic (exact) mass is 237 g/mol. The van der Waals surface area contributed by atoms with Crippen molar-refractivity contribution in [1.82, 2.24) is 10.2 Å². The van der Waals surface area contributed by atoms with Crippen molar-refractivity contribution in [2.75, 3.05) is 5.73 Å². The van der Waals surface area contributed by atoms with Crippen LogP contribution < -0.4 is 5.73 Å². The molecule has 0 amide bonds. The molecule has 0 fully saturated rings. The molecule has 4 nitrogen and oxygen atoms in total. The number of aromatic nitrogens is 2. The summed E-state index contributed by atoms with van der Waals surface area (Å²) < 4.78 is 5.51. The van der Waals surface area contributed by atoms with Crippen molar-refractivity contribution in [3.63, 3.8) is 0 Å². The predicted molar refractivity (Wildman–Crippen MR) is 63.2 cm³/mol. The summed E-state index contributed by atoms with van der Waals surface area (Å²) in [6, 6.07) is 5.27. The second-order valence-corrected chi connectivity index (χ2v) is 4.21. The van der Waals surface area contributed by atoms with Crippen molar-refractivity contribution in [3.05, 3.63) is 29.1 Å². The lowest BCUT2D eigenvalue weighted by Gasteiger charge is -2.02. The molecule has 0 aliphatic carbocycles. The fourth-order valence-corrected chi connectivity index (χ4v) is 1.60. The van der Waals surface area contributed by atoms with Crippen molar-refractivity contribution in [1.29, 1.82) is 0 Å². The molecule has 0 aliphatic heterocycles. The van der Waals surface area contributed by atoms with Crippen molar-refractivity contribution in [2.24, 2.45) is 0 Å². The van der Waals surface area contributed by atoms with Crippen LogP contribution in [0.4, 0.5) is 5.69 Å². The number of nitrogens with two attached hydrogens (primary N) is 1. The molecule has 2 N–H and O–H groups in total. The Morgan fingerprint density at radius 1 is 1.31 bits per heavy atom. The largest absolute Gasteiger partial charge is 0.420 e. The molecule has 0 radical (unpaired) electrons. The SMILES string of the molecule is CC(C)c1nnc(-c2c(N)cccc2Cl)o1. The number of halogens is 1. The van der Waals surface area contributed by atoms with E-state index in [9.17, 15) is 0 Å². The number of hydrogen-bond donors (Lipinski definition) is 1. The molecular weight excluding hydrogens is 226 g/mol. The summed E-state index contributed by atoms with van der Waals surface area (Å²) in [7, 11) is 0. The fraction of sp³-hybridized carbons (Fsp3) is 0.273. The van der Waals surface area contributed by atoms with E-state index in [2.05, 4.69) is 10.2 Å². The Kier molecular flexibility index (Phi) is 2.83. The minimum Gasteiger partial charge on any atom is -0.420 e. The first-order valence-corrected chi connectivity index (χ1v) is 5.35. The smallest absolute Gasteiger partial charge is 0.251 e. The fourth-order valence-electron chi connectivity index (χ4n) is 1.34. The van der Waals surface area contributed by atoms with Gasteiger partial charge >= 0.3 is 0 Å². The van der Waals surface area contributed by atoms with Crippen LogP contribution in [0.3, 0.4) is 0 Å². The van der Waals surface area contributed by atoms with Crippen LogP contribution in [0.5, 0.6) is 0 Å². The van der Waals surface area contributed by atoms with E-state index in [0.717, 1.165) is 0 Å². The van der Waals surface area contributed by atoms with E-state index in [4.69, 9.17) is 21.8 Å². The van der Waals surface area contributed by atoms with E-state index in [0.29, 0.717) is 28.1 Å². The molecule has 1 heterocycles. The lowest BCUT2D eigenvalue weighted by atomic mass is 10.2. The molecule has 5 heteroatoms. The van der Waals surface area contributed by atoms with Crippen LogP contribution in [-0.2, 0) is 0 Å². The Bertz CT molecular complexity index is 487. The van der Waals surface area contributed by atoms with Crippen LogP contribution >= 0.6 is 11.6 Å². The molecule has 0 bridgehead atoms. The van der Waals surface area contributed by atoms with Gasteiger partial charge in [-0.2, -0.15) is 0 Å². The van der Waals surface area contributed by atoms with E-state index >= 15 is 0 Å². The molecule has 0 spiro atoms. The number of benzene rings is 1. The number of hydrogen-bond acceptors (Lipinski definition) is 4. The van der Waals surface area contributed by atoms with Gasteiger partial charge in [0, 0.05) is 11.6 Å². The van der Waals surface area contributed by atoms with Crippen LogP contribution in [0.25, 0.3) is 11.5 Å². The third kappa shape index (κ3) is 1.88. The third-order valence-corrected chi connectivity index (χ3v) is 2.51. The van der Waals surface area contributed by atoms with Crippen LogP contribution in [0.1, 0.15) is 25.7 Å². The van der Waals surface area contributed by atoms with Gasteiger partial charge in [0.1, 0.15) is 0 Å². The van der Waals surface area contributed by atoms with Crippen LogP contribution in [0.2, 0.25) is 5.02 Å². The highest BCUT2D eigenvalue weighted by Gasteiger charge is 2.16. The molecule has 2 rings (SSSR count). The van der Waals surface area contributed by atoms with E-state index in [1.54, 1.807) is 18.2 Å². The number of anilines is 1. The van der Waals surface area contributed by atoms with Gasteiger partial charge in [-0.1, -0.05) is 31.5 Å². The third-order valence-electron chi connectivity index (χ3n) is 2.19. The minimum absolute atomic E-state index is 0.185. The normalized spacial score (nSPS) is 11.0. The summed E-state index contributed by atoms with van der Waals surface area (Å²) in [6.45, 7) is 3.96. The van der Waals surface area contributed by atoms with Gasteiger partial charge < -0.3 is 10.2 Å². The Balaban J connectivity index is 2.50. The first-order valence-electron chi connectivity index (χ1n) is 4.97. The minimum atomic E-state index is 0.185. The predicted octanol–water partition coefficient (Wildman–Crippen LogP) is 3.10. The van der Waals surface area contributed by atoms with E-state index in [-0.39, 0.29) is 5.92 Å². The van der Waals surface area contributed by atoms with Gasteiger partial charge in [-0.05, 0) is 12.1 Å². The van der Waals surface area contributed by atoms with Crippen LogP contribution in [0, 0.1) is 0 Å². The van der Waals surface area contributed by atoms with E-state index in [1.807, 2.05) is 13.8 Å². The maximum atomic E-state index is 6.05. The molecule has 84 valence electrons. The Morgan fingerprint density at radius 2 is 2.06 bits per heavy atom. The second kappa shape index (κ2) is 4.14. The number of rotatable bonds is 2. The zero-order valence-corrected chi connectivity index (χ0v) is 9.82. The van der Waals surface area contributed by atoms with Gasteiger partial charge in [-0.15, -0.1) is 10.2 Å². The Hall–Kier alpha value is -1.55. The van der Waals surface area contributed by atoms with E-state index in [1.165, 1.54) is 0 Å². The molecule has 0 saturated carbocycles. The molecule has 1 aromatic heterocycles. The number of nitrogen functional groups attached to an aromatic ring is 1. The summed E-state index contributed by atoms with van der Waals surface area (Å²) in [5, 5.41) is 8.40. The first-order chi connectivity index (χ1) is 7.59. The topological polar surface area (TPSA) is 64.9 Å². The van der Waals surface area contributed by atoms with Gasteiger partial charge in [0.15, 0.2) is 0 Å². The lowest BCUT2D eigenvalue weighted by molar-refractivity contribution is 0.481. The zero-order valence-electron chi connectivity index (χ0n) is 9.07. The summed E-state index contributed by atoms with van der Waals surface area (Å²) in [6.07, 6.45) is 0. The molecule has 0 saturated heterocycles. The maximum absolute atomic E-state index is 6.05. The quantitative estimate of drug-likeness (QED) is 0.816. The van der Waals surface area contributed by atoms with Gasteiger partial charge in [-0.3, -0.25) is 0 Å². The van der Waals surface area contributed by atoms with Crippen molar-refractivity contribution < 1.29 is 4.42 Å². The van der Waals surface area contributed by atoms with Gasteiger partial charge in [0.05, 0.1) is 10.6 Å². The first kappa shape index (κ1) is 11.0. The summed E-state index contributed by atoms with van der Waals surface area (Å²) >= 11 is 6.05. The van der Waals surface area contributed by atoms with Crippen molar-refractivity contribution >= 4 is 17.3 Å². The van der Waals surface area contributed by atoms with Crippen molar-refractivity contribution in [2.45, 2.75) is 19.8 Å². The van der Waals surface area contributed by atoms with Gasteiger partial charge in [0.2, 0.25) is 5.89 Å².